The molecule has 0 aliphatic rings. The van der Waals surface area contributed by atoms with Gasteiger partial charge in [0, 0.05) is 5.02 Å². The quantitative estimate of drug-likeness (QED) is 0.770. The number of aliphatic hydroxyl groups excluding tert-OH is 1. The van der Waals surface area contributed by atoms with Gasteiger partial charge in [-0.2, -0.15) is 0 Å². The molecule has 3 nitrogen and oxygen atoms in total. The molecule has 0 radical (unpaired) electrons. The number of nitrogens with two attached hydrogens (primary N) is 1. The fourth-order valence-electron chi connectivity index (χ4n) is 0.993. The van der Waals surface area contributed by atoms with Crippen LogP contribution < -0.4 is 5.73 Å². The predicted molar refractivity (Wildman–Crippen MR) is 50.2 cm³/mol. The summed E-state index contributed by atoms with van der Waals surface area (Å²) in [6.45, 7) is 0. The van der Waals surface area contributed by atoms with Crippen molar-refractivity contribution in [3.05, 3.63) is 34.9 Å². The molecule has 1 unspecified atom stereocenters. The minimum Gasteiger partial charge on any atom is -0.388 e. The van der Waals surface area contributed by atoms with Crippen molar-refractivity contribution < 1.29 is 9.90 Å². The van der Waals surface area contributed by atoms with Crippen molar-refractivity contribution in [2.45, 2.75) is 12.5 Å². The largest absolute Gasteiger partial charge is 0.388 e. The highest BCUT2D eigenvalue weighted by atomic mass is 35.5. The summed E-state index contributed by atoms with van der Waals surface area (Å²) in [5, 5.41) is 10.0. The molecule has 1 aromatic carbocycles. The number of hydrogen-bond donors (Lipinski definition) is 2. The number of primary amides is 1. The Labute approximate surface area is 81.1 Å². The lowest BCUT2D eigenvalue weighted by Crippen LogP contribution is -2.14. The summed E-state index contributed by atoms with van der Waals surface area (Å²) in [7, 11) is 0. The standard InChI is InChI=1S/C9H10ClNO2/c10-7-3-1-6(2-4-7)8(12)5-9(11)13/h1-4,8,12H,5H2,(H2,11,13). The molecule has 0 aromatic heterocycles. The lowest BCUT2D eigenvalue weighted by atomic mass is 10.1. The molecule has 0 fully saturated rings. The normalized spacial score (nSPS) is 12.5. The van der Waals surface area contributed by atoms with Gasteiger partial charge in [-0.25, -0.2) is 0 Å². The van der Waals surface area contributed by atoms with Crippen LogP contribution in [0.15, 0.2) is 24.3 Å². The smallest absolute Gasteiger partial charge is 0.220 e. The Balaban J connectivity index is 2.71. The maximum Gasteiger partial charge on any atom is 0.220 e. The Morgan fingerprint density at radius 1 is 1.46 bits per heavy atom. The van der Waals surface area contributed by atoms with Gasteiger partial charge in [0.05, 0.1) is 12.5 Å². The maximum absolute atomic E-state index is 10.5. The van der Waals surface area contributed by atoms with E-state index in [9.17, 15) is 9.90 Å². The first-order chi connectivity index (χ1) is 6.09. The van der Waals surface area contributed by atoms with Crippen LogP contribution in [0.3, 0.4) is 0 Å². The third kappa shape index (κ3) is 3.05. The molecule has 1 amide bonds. The second kappa shape index (κ2) is 4.25. The van der Waals surface area contributed by atoms with E-state index < -0.39 is 12.0 Å². The van der Waals surface area contributed by atoms with Crippen molar-refractivity contribution in [2.75, 3.05) is 0 Å². The minimum absolute atomic E-state index is 0.0678. The molecular formula is C9H10ClNO2. The highest BCUT2D eigenvalue weighted by Gasteiger charge is 2.09. The zero-order valence-corrected chi connectivity index (χ0v) is 7.66. The zero-order valence-electron chi connectivity index (χ0n) is 6.90. The molecule has 1 aromatic rings. The predicted octanol–water partition coefficient (Wildman–Crippen LogP) is 1.25. The number of carbonyl (C=O) groups excluding carboxylic acids is 1. The number of halogens is 1. The van der Waals surface area contributed by atoms with Gasteiger partial charge in [0.1, 0.15) is 0 Å². The van der Waals surface area contributed by atoms with E-state index in [1.54, 1.807) is 24.3 Å². The highest BCUT2D eigenvalue weighted by molar-refractivity contribution is 6.30. The van der Waals surface area contributed by atoms with Crippen LogP contribution >= 0.6 is 11.6 Å². The molecule has 4 heteroatoms. The molecule has 70 valence electrons. The molecule has 0 bridgehead atoms. The van der Waals surface area contributed by atoms with Gasteiger partial charge in [0.25, 0.3) is 0 Å². The van der Waals surface area contributed by atoms with Crippen molar-refractivity contribution >= 4 is 17.5 Å². The minimum atomic E-state index is -0.838. The van der Waals surface area contributed by atoms with E-state index in [0.29, 0.717) is 10.6 Å². The molecule has 1 atom stereocenters. The molecule has 0 saturated carbocycles. The van der Waals surface area contributed by atoms with Crippen molar-refractivity contribution in [3.8, 4) is 0 Å². The fourth-order valence-corrected chi connectivity index (χ4v) is 1.12. The first-order valence-electron chi connectivity index (χ1n) is 3.81. The van der Waals surface area contributed by atoms with Crippen LogP contribution in [0, 0.1) is 0 Å². The maximum atomic E-state index is 10.5. The number of carbonyl (C=O) groups is 1. The third-order valence-corrected chi connectivity index (χ3v) is 1.90. The summed E-state index contributed by atoms with van der Waals surface area (Å²) in [6, 6.07) is 6.63. The van der Waals surface area contributed by atoms with Gasteiger partial charge in [-0.3, -0.25) is 4.79 Å². The van der Waals surface area contributed by atoms with E-state index in [1.807, 2.05) is 0 Å². The Morgan fingerprint density at radius 2 is 2.00 bits per heavy atom. The molecule has 0 saturated heterocycles. The molecule has 0 heterocycles. The number of amides is 1. The SMILES string of the molecule is NC(=O)CC(O)c1ccc(Cl)cc1. The van der Waals surface area contributed by atoms with Crippen molar-refractivity contribution in [1.82, 2.24) is 0 Å². The van der Waals surface area contributed by atoms with Gasteiger partial charge in [-0.1, -0.05) is 23.7 Å². The molecule has 3 N–H and O–H groups in total. The van der Waals surface area contributed by atoms with Crippen LogP contribution in [0.25, 0.3) is 0 Å². The average molecular weight is 200 g/mol. The number of hydrogen-bond acceptors (Lipinski definition) is 2. The number of rotatable bonds is 3. The van der Waals surface area contributed by atoms with Gasteiger partial charge in [0.2, 0.25) is 5.91 Å². The highest BCUT2D eigenvalue weighted by Crippen LogP contribution is 2.18. The summed E-state index contributed by atoms with van der Waals surface area (Å²) in [4.78, 5) is 10.5. The Bertz CT molecular complexity index is 297. The number of benzene rings is 1. The van der Waals surface area contributed by atoms with Gasteiger partial charge in [0.15, 0.2) is 0 Å². The van der Waals surface area contributed by atoms with Crippen LogP contribution in [-0.4, -0.2) is 11.0 Å². The van der Waals surface area contributed by atoms with Gasteiger partial charge < -0.3 is 10.8 Å². The van der Waals surface area contributed by atoms with Crippen molar-refractivity contribution in [3.63, 3.8) is 0 Å². The van der Waals surface area contributed by atoms with E-state index in [4.69, 9.17) is 17.3 Å². The summed E-state index contributed by atoms with van der Waals surface area (Å²) in [6.07, 6.45) is -0.906. The van der Waals surface area contributed by atoms with Crippen molar-refractivity contribution in [1.29, 1.82) is 0 Å². The van der Waals surface area contributed by atoms with E-state index in [-0.39, 0.29) is 6.42 Å². The first-order valence-corrected chi connectivity index (χ1v) is 4.19. The van der Waals surface area contributed by atoms with Crippen LogP contribution in [0.1, 0.15) is 18.1 Å². The molecular weight excluding hydrogens is 190 g/mol. The average Bonchev–Trinajstić information content (AvgIpc) is 2.04. The van der Waals surface area contributed by atoms with E-state index in [1.165, 1.54) is 0 Å². The van der Waals surface area contributed by atoms with Crippen LogP contribution in [0.5, 0.6) is 0 Å². The monoisotopic (exact) mass is 199 g/mol. The first kappa shape index (κ1) is 10.0. The van der Waals surface area contributed by atoms with E-state index >= 15 is 0 Å². The van der Waals surface area contributed by atoms with Crippen LogP contribution in [-0.2, 0) is 4.79 Å². The van der Waals surface area contributed by atoms with Gasteiger partial charge >= 0.3 is 0 Å². The second-order valence-corrected chi connectivity index (χ2v) is 3.17. The summed E-state index contributed by atoms with van der Waals surface area (Å²) >= 11 is 5.65. The third-order valence-electron chi connectivity index (χ3n) is 1.65. The lowest BCUT2D eigenvalue weighted by Gasteiger charge is -2.07. The lowest BCUT2D eigenvalue weighted by molar-refractivity contribution is -0.119. The van der Waals surface area contributed by atoms with Crippen LogP contribution in [0.4, 0.5) is 0 Å². The molecule has 0 aliphatic heterocycles. The van der Waals surface area contributed by atoms with Gasteiger partial charge in [-0.05, 0) is 17.7 Å². The summed E-state index contributed by atoms with van der Waals surface area (Å²) < 4.78 is 0. The Morgan fingerprint density at radius 3 is 2.46 bits per heavy atom. The number of aliphatic hydroxyl groups is 1. The molecule has 1 rings (SSSR count). The van der Waals surface area contributed by atoms with Crippen molar-refractivity contribution in [2.24, 2.45) is 5.73 Å². The van der Waals surface area contributed by atoms with Gasteiger partial charge in [-0.15, -0.1) is 0 Å². The van der Waals surface area contributed by atoms with E-state index in [0.717, 1.165) is 0 Å². The second-order valence-electron chi connectivity index (χ2n) is 2.74. The van der Waals surface area contributed by atoms with Crippen LogP contribution in [0.2, 0.25) is 5.02 Å². The zero-order chi connectivity index (χ0) is 9.84. The Kier molecular flexibility index (Phi) is 3.28. The fraction of sp³-hybridized carbons (Fsp3) is 0.222. The Hall–Kier alpha value is -1.06. The van der Waals surface area contributed by atoms with E-state index in [2.05, 4.69) is 0 Å². The molecule has 0 aliphatic carbocycles. The summed E-state index contributed by atoms with van der Waals surface area (Å²) in [5.74, 6) is -0.526. The summed E-state index contributed by atoms with van der Waals surface area (Å²) in [5.41, 5.74) is 5.58. The molecule has 13 heavy (non-hydrogen) atoms. The molecule has 0 spiro atoms. The topological polar surface area (TPSA) is 63.3 Å².